The topological polar surface area (TPSA) is 58.2 Å². The van der Waals surface area contributed by atoms with E-state index in [0.717, 1.165) is 19.3 Å². The Morgan fingerprint density at radius 1 is 1.06 bits per heavy atom. The van der Waals surface area contributed by atoms with Crippen molar-refractivity contribution in [1.29, 1.82) is 0 Å². The molecule has 2 N–H and O–H groups in total. The van der Waals surface area contributed by atoms with E-state index in [1.165, 1.54) is 0 Å². The minimum Gasteiger partial charge on any atom is -0.356 e. The molecule has 0 saturated heterocycles. The second kappa shape index (κ2) is 9.19. The van der Waals surface area contributed by atoms with Crippen LogP contribution in [0.2, 0.25) is 0 Å². The Labute approximate surface area is 98.2 Å². The third-order valence-corrected chi connectivity index (χ3v) is 2.22. The normalized spacial score (nSPS) is 10.2. The third-order valence-electron chi connectivity index (χ3n) is 2.22. The van der Waals surface area contributed by atoms with Crippen LogP contribution in [0.5, 0.6) is 0 Å². The van der Waals surface area contributed by atoms with Crippen LogP contribution in [0.4, 0.5) is 0 Å². The molecule has 0 saturated carbocycles. The monoisotopic (exact) mass is 228 g/mol. The molecule has 0 aliphatic heterocycles. The fourth-order valence-corrected chi connectivity index (χ4v) is 1.18. The smallest absolute Gasteiger partial charge is 0.229 e. The van der Waals surface area contributed by atoms with Crippen LogP contribution in [0.25, 0.3) is 0 Å². The molecule has 0 aliphatic rings. The van der Waals surface area contributed by atoms with Crippen LogP contribution in [0.1, 0.15) is 46.5 Å². The zero-order valence-electron chi connectivity index (χ0n) is 10.6. The molecule has 4 heteroatoms. The zero-order valence-corrected chi connectivity index (χ0v) is 10.6. The molecule has 2 amide bonds. The molecule has 0 bridgehead atoms. The molecule has 0 aliphatic carbocycles. The van der Waals surface area contributed by atoms with Gasteiger partial charge in [0.2, 0.25) is 11.8 Å². The van der Waals surface area contributed by atoms with Crippen molar-refractivity contribution in [2.45, 2.75) is 46.5 Å². The SMILES string of the molecule is CCCCNC(=O)CC(=O)NCCC(C)C. The highest BCUT2D eigenvalue weighted by atomic mass is 16.2. The van der Waals surface area contributed by atoms with Crippen LogP contribution in [0.3, 0.4) is 0 Å². The molecule has 0 aromatic rings. The van der Waals surface area contributed by atoms with Crippen LogP contribution in [-0.4, -0.2) is 24.9 Å². The number of hydrogen-bond acceptors (Lipinski definition) is 2. The maximum absolute atomic E-state index is 11.3. The van der Waals surface area contributed by atoms with Crippen molar-refractivity contribution in [3.63, 3.8) is 0 Å². The third kappa shape index (κ3) is 9.49. The van der Waals surface area contributed by atoms with Crippen LogP contribution in [-0.2, 0) is 9.59 Å². The Balaban J connectivity index is 3.50. The summed E-state index contributed by atoms with van der Waals surface area (Å²) in [6.07, 6.45) is 2.90. The molecule has 16 heavy (non-hydrogen) atoms. The van der Waals surface area contributed by atoms with Crippen molar-refractivity contribution in [2.24, 2.45) is 5.92 Å². The predicted molar refractivity (Wildman–Crippen MR) is 65.0 cm³/mol. The molecule has 0 spiro atoms. The fourth-order valence-electron chi connectivity index (χ4n) is 1.18. The number of unbranched alkanes of at least 4 members (excludes halogenated alkanes) is 1. The lowest BCUT2D eigenvalue weighted by atomic mass is 10.1. The zero-order chi connectivity index (χ0) is 12.4. The van der Waals surface area contributed by atoms with Gasteiger partial charge >= 0.3 is 0 Å². The number of amides is 2. The van der Waals surface area contributed by atoms with E-state index in [1.807, 2.05) is 0 Å². The van der Waals surface area contributed by atoms with E-state index in [0.29, 0.717) is 19.0 Å². The van der Waals surface area contributed by atoms with E-state index >= 15 is 0 Å². The summed E-state index contributed by atoms with van der Waals surface area (Å²) in [5, 5.41) is 5.45. The highest BCUT2D eigenvalue weighted by Gasteiger charge is 2.07. The summed E-state index contributed by atoms with van der Waals surface area (Å²) in [7, 11) is 0. The molecule has 0 rings (SSSR count). The van der Waals surface area contributed by atoms with E-state index in [2.05, 4.69) is 31.4 Å². The summed E-state index contributed by atoms with van der Waals surface area (Å²) in [5.74, 6) is 0.198. The number of carbonyl (C=O) groups is 2. The first kappa shape index (κ1) is 14.9. The van der Waals surface area contributed by atoms with Gasteiger partial charge in [0, 0.05) is 13.1 Å². The first-order chi connectivity index (χ1) is 7.56. The number of carbonyl (C=O) groups excluding carboxylic acids is 2. The van der Waals surface area contributed by atoms with E-state index in [9.17, 15) is 9.59 Å². The van der Waals surface area contributed by atoms with Gasteiger partial charge in [0.05, 0.1) is 0 Å². The van der Waals surface area contributed by atoms with Crippen molar-refractivity contribution < 1.29 is 9.59 Å². The van der Waals surface area contributed by atoms with Gasteiger partial charge in [-0.15, -0.1) is 0 Å². The first-order valence-electron chi connectivity index (χ1n) is 6.09. The average molecular weight is 228 g/mol. The molecule has 4 nitrogen and oxygen atoms in total. The molecular weight excluding hydrogens is 204 g/mol. The summed E-state index contributed by atoms with van der Waals surface area (Å²) >= 11 is 0. The van der Waals surface area contributed by atoms with Crippen LogP contribution in [0.15, 0.2) is 0 Å². The molecule has 0 aromatic heterocycles. The molecule has 0 unspecified atom stereocenters. The lowest BCUT2D eigenvalue weighted by molar-refractivity contribution is -0.129. The van der Waals surface area contributed by atoms with Crippen molar-refractivity contribution in [2.75, 3.05) is 13.1 Å². The minimum absolute atomic E-state index is 0.0538. The van der Waals surface area contributed by atoms with Crippen molar-refractivity contribution in [3.8, 4) is 0 Å². The van der Waals surface area contributed by atoms with Crippen LogP contribution >= 0.6 is 0 Å². The Morgan fingerprint density at radius 3 is 2.12 bits per heavy atom. The van der Waals surface area contributed by atoms with Gasteiger partial charge in [-0.2, -0.15) is 0 Å². The predicted octanol–water partition coefficient (Wildman–Crippen LogP) is 1.46. The van der Waals surface area contributed by atoms with Gasteiger partial charge in [0.1, 0.15) is 6.42 Å². The van der Waals surface area contributed by atoms with Gasteiger partial charge < -0.3 is 10.6 Å². The van der Waals surface area contributed by atoms with Crippen molar-refractivity contribution >= 4 is 11.8 Å². The lowest BCUT2D eigenvalue weighted by Crippen LogP contribution is -2.33. The quantitative estimate of drug-likeness (QED) is 0.488. The van der Waals surface area contributed by atoms with Gasteiger partial charge in [-0.25, -0.2) is 0 Å². The number of nitrogens with one attached hydrogen (secondary N) is 2. The molecule has 0 heterocycles. The van der Waals surface area contributed by atoms with Crippen molar-refractivity contribution in [3.05, 3.63) is 0 Å². The summed E-state index contributed by atoms with van der Waals surface area (Å²) in [6.45, 7) is 7.57. The maximum Gasteiger partial charge on any atom is 0.229 e. The van der Waals surface area contributed by atoms with E-state index < -0.39 is 0 Å². The lowest BCUT2D eigenvalue weighted by Gasteiger charge is -2.07. The Morgan fingerprint density at radius 2 is 1.62 bits per heavy atom. The highest BCUT2D eigenvalue weighted by Crippen LogP contribution is 1.96. The summed E-state index contributed by atoms with van der Waals surface area (Å²) < 4.78 is 0. The van der Waals surface area contributed by atoms with Gasteiger partial charge in [-0.3, -0.25) is 9.59 Å². The van der Waals surface area contributed by atoms with Gasteiger partial charge in [-0.05, 0) is 18.8 Å². The molecule has 0 atom stereocenters. The number of rotatable bonds is 8. The first-order valence-corrected chi connectivity index (χ1v) is 6.09. The maximum atomic E-state index is 11.3. The Kier molecular flexibility index (Phi) is 8.58. The molecule has 0 aromatic carbocycles. The summed E-state index contributed by atoms with van der Waals surface area (Å²) in [4.78, 5) is 22.5. The largest absolute Gasteiger partial charge is 0.356 e. The summed E-state index contributed by atoms with van der Waals surface area (Å²) in [6, 6.07) is 0. The Bertz CT molecular complexity index is 215. The van der Waals surface area contributed by atoms with Crippen LogP contribution in [0, 0.1) is 5.92 Å². The minimum atomic E-state index is -0.186. The Hall–Kier alpha value is -1.06. The molecule has 0 radical (unpaired) electrons. The molecular formula is C12H24N2O2. The fraction of sp³-hybridized carbons (Fsp3) is 0.833. The van der Waals surface area contributed by atoms with Crippen molar-refractivity contribution in [1.82, 2.24) is 10.6 Å². The summed E-state index contributed by atoms with van der Waals surface area (Å²) in [5.41, 5.74) is 0. The number of hydrogen-bond donors (Lipinski definition) is 2. The van der Waals surface area contributed by atoms with Gasteiger partial charge in [-0.1, -0.05) is 27.2 Å². The van der Waals surface area contributed by atoms with E-state index in [1.54, 1.807) is 0 Å². The van der Waals surface area contributed by atoms with E-state index in [4.69, 9.17) is 0 Å². The second-order valence-corrected chi connectivity index (χ2v) is 4.41. The average Bonchev–Trinajstić information content (AvgIpc) is 2.17. The molecule has 94 valence electrons. The second-order valence-electron chi connectivity index (χ2n) is 4.41. The molecule has 0 fully saturated rings. The highest BCUT2D eigenvalue weighted by molar-refractivity contribution is 5.96. The standard InChI is InChI=1S/C12H24N2O2/c1-4-5-7-13-11(15)9-12(16)14-8-6-10(2)3/h10H,4-9H2,1-3H3,(H,13,15)(H,14,16). The van der Waals surface area contributed by atoms with Crippen LogP contribution < -0.4 is 10.6 Å². The van der Waals surface area contributed by atoms with E-state index in [-0.39, 0.29) is 18.2 Å². The van der Waals surface area contributed by atoms with Gasteiger partial charge in [0.25, 0.3) is 0 Å². The van der Waals surface area contributed by atoms with Gasteiger partial charge in [0.15, 0.2) is 0 Å².